The van der Waals surface area contributed by atoms with Crippen LogP contribution in [0.4, 0.5) is 30.7 Å². The molecule has 0 spiro atoms. The summed E-state index contributed by atoms with van der Waals surface area (Å²) in [6.45, 7) is 2.02. The Morgan fingerprint density at radius 1 is 0.758 bits per heavy atom. The maximum absolute atomic E-state index is 14.5. The van der Waals surface area contributed by atoms with E-state index in [0.717, 1.165) is 31.2 Å². The number of aryl methyl sites for hydroxylation is 1. The van der Waals surface area contributed by atoms with E-state index in [2.05, 4.69) is 11.8 Å². The van der Waals surface area contributed by atoms with Crippen molar-refractivity contribution in [2.75, 3.05) is 0 Å². The molecule has 0 N–H and O–H groups in total. The van der Waals surface area contributed by atoms with Gasteiger partial charge in [-0.2, -0.15) is 13.2 Å². The molecule has 0 bridgehead atoms. The Balaban J connectivity index is 1.94. The fourth-order valence-electron chi connectivity index (χ4n) is 3.26. The van der Waals surface area contributed by atoms with Crippen molar-refractivity contribution in [3.8, 4) is 23.7 Å². The van der Waals surface area contributed by atoms with E-state index >= 15 is 0 Å². The van der Waals surface area contributed by atoms with E-state index in [4.69, 9.17) is 0 Å². The van der Waals surface area contributed by atoms with Gasteiger partial charge in [0.05, 0.1) is 11.1 Å². The average molecular weight is 462 g/mol. The van der Waals surface area contributed by atoms with Crippen molar-refractivity contribution < 1.29 is 30.7 Å². The van der Waals surface area contributed by atoms with Gasteiger partial charge in [-0.05, 0) is 54.1 Å². The second kappa shape index (κ2) is 10.0. The van der Waals surface area contributed by atoms with Crippen molar-refractivity contribution in [1.29, 1.82) is 0 Å². The first kappa shape index (κ1) is 24.2. The molecule has 3 rings (SSSR count). The van der Waals surface area contributed by atoms with E-state index in [1.807, 2.05) is 6.92 Å². The molecule has 0 fully saturated rings. The molecule has 0 atom stereocenters. The summed E-state index contributed by atoms with van der Waals surface area (Å²) in [7, 11) is 0. The standard InChI is InChI=1S/C26H17F7/c1-2-3-4-5-17-13-22(27)20(23(28)14-17)9-7-16-6-8-19-18(12-16)15-24(29)21(25(19)30)10-11-26(31,32)33/h6,8,12-15H,2-5H2,1H3. The predicted molar refractivity (Wildman–Crippen MR) is 112 cm³/mol. The van der Waals surface area contributed by atoms with Crippen LogP contribution in [0.1, 0.15) is 48.4 Å². The van der Waals surface area contributed by atoms with Crippen LogP contribution >= 0.6 is 0 Å². The first-order chi connectivity index (χ1) is 15.6. The molecule has 0 heterocycles. The second-order valence-electron chi connectivity index (χ2n) is 7.37. The highest BCUT2D eigenvalue weighted by Gasteiger charge is 2.24. The monoisotopic (exact) mass is 462 g/mol. The van der Waals surface area contributed by atoms with Crippen molar-refractivity contribution >= 4 is 10.8 Å². The predicted octanol–water partition coefficient (Wildman–Crippen LogP) is 7.44. The van der Waals surface area contributed by atoms with E-state index in [0.29, 0.717) is 12.0 Å². The fraction of sp³-hybridized carbons (Fsp3) is 0.231. The fourth-order valence-corrected chi connectivity index (χ4v) is 3.26. The van der Waals surface area contributed by atoms with Crippen LogP contribution in [0.25, 0.3) is 10.8 Å². The number of hydrogen-bond acceptors (Lipinski definition) is 0. The summed E-state index contributed by atoms with van der Waals surface area (Å²) in [5, 5.41) is -0.149. The summed E-state index contributed by atoms with van der Waals surface area (Å²) < 4.78 is 94.1. The SMILES string of the molecule is CCCCCc1cc(F)c(C#Cc2ccc3c(F)c(C#CC(F)(F)F)c(F)cc3c2)c(F)c1. The van der Waals surface area contributed by atoms with Gasteiger partial charge in [0, 0.05) is 16.9 Å². The summed E-state index contributed by atoms with van der Waals surface area (Å²) >= 11 is 0. The average Bonchev–Trinajstić information content (AvgIpc) is 2.72. The molecule has 0 amide bonds. The van der Waals surface area contributed by atoms with Gasteiger partial charge in [-0.15, -0.1) is 0 Å². The molecule has 0 saturated heterocycles. The summed E-state index contributed by atoms with van der Waals surface area (Å²) in [5.74, 6) is 3.15. The minimum absolute atomic E-state index is 0.0153. The van der Waals surface area contributed by atoms with Crippen LogP contribution in [0.2, 0.25) is 0 Å². The number of fused-ring (bicyclic) bond motifs is 1. The number of rotatable bonds is 4. The summed E-state index contributed by atoms with van der Waals surface area (Å²) in [6, 6.07) is 7.07. The number of benzene rings is 3. The van der Waals surface area contributed by atoms with Crippen LogP contribution in [0.15, 0.2) is 36.4 Å². The van der Waals surface area contributed by atoms with Crippen LogP contribution in [-0.2, 0) is 6.42 Å². The lowest BCUT2D eigenvalue weighted by atomic mass is 10.0. The quantitative estimate of drug-likeness (QED) is 0.215. The molecule has 0 aliphatic carbocycles. The number of unbranched alkanes of at least 4 members (excludes halogenated alkanes) is 2. The minimum atomic E-state index is -4.90. The normalized spacial score (nSPS) is 11.0. The molecule has 3 aromatic carbocycles. The Morgan fingerprint density at radius 2 is 1.42 bits per heavy atom. The van der Waals surface area contributed by atoms with Crippen LogP contribution in [0.3, 0.4) is 0 Å². The van der Waals surface area contributed by atoms with Gasteiger partial charge in [0.2, 0.25) is 0 Å². The third kappa shape index (κ3) is 6.08. The van der Waals surface area contributed by atoms with Gasteiger partial charge in [0.25, 0.3) is 0 Å². The lowest BCUT2D eigenvalue weighted by Gasteiger charge is -2.05. The van der Waals surface area contributed by atoms with E-state index in [1.54, 1.807) is 0 Å². The van der Waals surface area contributed by atoms with Crippen LogP contribution in [0, 0.1) is 47.0 Å². The number of hydrogen-bond donors (Lipinski definition) is 0. The summed E-state index contributed by atoms with van der Waals surface area (Å²) in [5.41, 5.74) is -0.683. The Kier molecular flexibility index (Phi) is 7.33. The Bertz CT molecular complexity index is 1290. The van der Waals surface area contributed by atoms with Gasteiger partial charge in [-0.3, -0.25) is 0 Å². The van der Waals surface area contributed by atoms with Crippen molar-refractivity contribution in [1.82, 2.24) is 0 Å². The highest BCUT2D eigenvalue weighted by Crippen LogP contribution is 2.25. The lowest BCUT2D eigenvalue weighted by molar-refractivity contribution is -0.0696. The molecule has 0 aliphatic rings. The lowest BCUT2D eigenvalue weighted by Crippen LogP contribution is -2.02. The zero-order chi connectivity index (χ0) is 24.2. The van der Waals surface area contributed by atoms with E-state index in [1.165, 1.54) is 36.3 Å². The van der Waals surface area contributed by atoms with Gasteiger partial charge in [0.1, 0.15) is 23.3 Å². The van der Waals surface area contributed by atoms with E-state index < -0.39 is 40.6 Å². The first-order valence-electron chi connectivity index (χ1n) is 10.1. The highest BCUT2D eigenvalue weighted by molar-refractivity contribution is 5.86. The molecule has 0 saturated carbocycles. The van der Waals surface area contributed by atoms with Crippen molar-refractivity contribution in [3.63, 3.8) is 0 Å². The van der Waals surface area contributed by atoms with Gasteiger partial charge < -0.3 is 0 Å². The van der Waals surface area contributed by atoms with Crippen molar-refractivity contribution in [2.45, 2.75) is 38.8 Å². The van der Waals surface area contributed by atoms with Crippen LogP contribution < -0.4 is 0 Å². The molecular formula is C26H17F7. The smallest absolute Gasteiger partial charge is 0.206 e. The van der Waals surface area contributed by atoms with Crippen LogP contribution in [-0.4, -0.2) is 6.18 Å². The van der Waals surface area contributed by atoms with Gasteiger partial charge in [-0.25, -0.2) is 17.6 Å². The maximum atomic E-state index is 14.5. The highest BCUT2D eigenvalue weighted by atomic mass is 19.4. The van der Waals surface area contributed by atoms with Gasteiger partial charge in [-0.1, -0.05) is 43.6 Å². The minimum Gasteiger partial charge on any atom is -0.206 e. The molecule has 0 unspecified atom stereocenters. The second-order valence-corrected chi connectivity index (χ2v) is 7.37. The van der Waals surface area contributed by atoms with E-state index in [9.17, 15) is 30.7 Å². The van der Waals surface area contributed by atoms with E-state index in [-0.39, 0.29) is 16.3 Å². The third-order valence-corrected chi connectivity index (χ3v) is 4.86. The molecule has 33 heavy (non-hydrogen) atoms. The third-order valence-electron chi connectivity index (χ3n) is 4.86. The maximum Gasteiger partial charge on any atom is 0.458 e. The molecule has 170 valence electrons. The molecule has 0 radical (unpaired) electrons. The molecular weight excluding hydrogens is 445 g/mol. The molecule has 3 aromatic rings. The van der Waals surface area contributed by atoms with Crippen molar-refractivity contribution in [2.24, 2.45) is 0 Å². The van der Waals surface area contributed by atoms with Gasteiger partial charge in [0.15, 0.2) is 0 Å². The first-order valence-corrected chi connectivity index (χ1v) is 10.1. The van der Waals surface area contributed by atoms with Crippen LogP contribution in [0.5, 0.6) is 0 Å². The number of alkyl halides is 3. The topological polar surface area (TPSA) is 0 Å². The van der Waals surface area contributed by atoms with Crippen molar-refractivity contribution in [3.05, 3.63) is 81.9 Å². The Hall–Kier alpha value is -3.45. The zero-order valence-corrected chi connectivity index (χ0v) is 17.4. The van der Waals surface area contributed by atoms with Gasteiger partial charge >= 0.3 is 6.18 Å². The molecule has 0 aromatic heterocycles. The molecule has 0 nitrogen and oxygen atoms in total. The molecule has 7 heteroatoms. The number of halogens is 7. The zero-order valence-electron chi connectivity index (χ0n) is 17.4. The Labute approximate surface area is 186 Å². The largest absolute Gasteiger partial charge is 0.458 e. The molecule has 0 aliphatic heterocycles. The Morgan fingerprint density at radius 3 is 2.06 bits per heavy atom. The summed E-state index contributed by atoms with van der Waals surface area (Å²) in [4.78, 5) is 0. The summed E-state index contributed by atoms with van der Waals surface area (Å²) in [6.07, 6.45) is -1.60.